The lowest BCUT2D eigenvalue weighted by atomic mass is 10.0. The van der Waals surface area contributed by atoms with Gasteiger partial charge in [-0.15, -0.1) is 12.4 Å². The number of hydrogen-bond donors (Lipinski definition) is 1. The second-order valence-corrected chi connectivity index (χ2v) is 3.50. The Morgan fingerprint density at radius 3 is 2.87 bits per heavy atom. The summed E-state index contributed by atoms with van der Waals surface area (Å²) in [4.78, 5) is 0. The number of methoxy groups -OCH3 is 1. The topological polar surface area (TPSA) is 21.3 Å². The monoisotopic (exact) mass is 231 g/mol. The van der Waals surface area contributed by atoms with Gasteiger partial charge in [-0.05, 0) is 31.5 Å². The summed E-state index contributed by atoms with van der Waals surface area (Å²) >= 11 is 0. The third-order valence-corrected chi connectivity index (χ3v) is 2.64. The standard InChI is InChI=1S/C11H14FNO.ClH/c1-14-10-6-2-4-8(12)11(10)9-5-3-7-13-9;/h2,4,6,9,13H,3,5,7H2,1H3;1H/t9-;/m1./s1. The zero-order valence-corrected chi connectivity index (χ0v) is 9.44. The lowest BCUT2D eigenvalue weighted by Crippen LogP contribution is -2.15. The fourth-order valence-corrected chi connectivity index (χ4v) is 1.96. The minimum absolute atomic E-state index is 0. The van der Waals surface area contributed by atoms with Crippen LogP contribution in [0, 0.1) is 5.82 Å². The first-order valence-corrected chi connectivity index (χ1v) is 4.88. The lowest BCUT2D eigenvalue weighted by molar-refractivity contribution is 0.396. The Hall–Kier alpha value is -0.800. The maximum atomic E-state index is 13.6. The lowest BCUT2D eigenvalue weighted by Gasteiger charge is -2.15. The maximum absolute atomic E-state index is 13.6. The first-order valence-electron chi connectivity index (χ1n) is 4.88. The van der Waals surface area contributed by atoms with E-state index < -0.39 is 0 Å². The van der Waals surface area contributed by atoms with Crippen LogP contribution >= 0.6 is 12.4 Å². The fourth-order valence-electron chi connectivity index (χ4n) is 1.96. The van der Waals surface area contributed by atoms with E-state index >= 15 is 0 Å². The molecule has 0 bridgehead atoms. The van der Waals surface area contributed by atoms with Crippen molar-refractivity contribution in [1.29, 1.82) is 0 Å². The summed E-state index contributed by atoms with van der Waals surface area (Å²) in [6, 6.07) is 5.08. The van der Waals surface area contributed by atoms with E-state index in [1.807, 2.05) is 0 Å². The average molecular weight is 232 g/mol. The summed E-state index contributed by atoms with van der Waals surface area (Å²) in [6.07, 6.45) is 2.08. The molecule has 1 fully saturated rings. The SMILES string of the molecule is COc1cccc(F)c1[C@H]1CCCN1.Cl. The van der Waals surface area contributed by atoms with Gasteiger partial charge in [0, 0.05) is 11.6 Å². The van der Waals surface area contributed by atoms with Crippen LogP contribution in [0.5, 0.6) is 5.75 Å². The van der Waals surface area contributed by atoms with Crippen molar-refractivity contribution in [2.45, 2.75) is 18.9 Å². The summed E-state index contributed by atoms with van der Waals surface area (Å²) in [6.45, 7) is 0.960. The highest BCUT2D eigenvalue weighted by atomic mass is 35.5. The molecule has 1 N–H and O–H groups in total. The highest BCUT2D eigenvalue weighted by Crippen LogP contribution is 2.32. The summed E-state index contributed by atoms with van der Waals surface area (Å²) < 4.78 is 18.7. The van der Waals surface area contributed by atoms with Gasteiger partial charge in [0.05, 0.1) is 7.11 Å². The quantitative estimate of drug-likeness (QED) is 0.845. The van der Waals surface area contributed by atoms with Gasteiger partial charge in [-0.25, -0.2) is 4.39 Å². The van der Waals surface area contributed by atoms with Crippen LogP contribution in [0.15, 0.2) is 18.2 Å². The number of rotatable bonds is 2. The molecule has 1 atom stereocenters. The molecule has 1 aliphatic heterocycles. The van der Waals surface area contributed by atoms with Crippen molar-refractivity contribution in [1.82, 2.24) is 5.32 Å². The molecule has 2 nitrogen and oxygen atoms in total. The molecular formula is C11H15ClFNO. The van der Waals surface area contributed by atoms with Gasteiger partial charge in [-0.2, -0.15) is 0 Å². The molecule has 0 radical (unpaired) electrons. The maximum Gasteiger partial charge on any atom is 0.131 e. The number of hydrogen-bond acceptors (Lipinski definition) is 2. The molecule has 1 aliphatic rings. The van der Waals surface area contributed by atoms with Crippen LogP contribution in [0.1, 0.15) is 24.4 Å². The summed E-state index contributed by atoms with van der Waals surface area (Å²) in [5.41, 5.74) is 0.674. The molecule has 0 saturated carbocycles. The molecule has 0 aliphatic carbocycles. The summed E-state index contributed by atoms with van der Waals surface area (Å²) in [7, 11) is 1.58. The van der Waals surface area contributed by atoms with Gasteiger partial charge in [0.2, 0.25) is 0 Å². The molecule has 2 rings (SSSR count). The Kier molecular flexibility index (Phi) is 4.36. The first-order chi connectivity index (χ1) is 6.83. The highest BCUT2D eigenvalue weighted by molar-refractivity contribution is 5.85. The van der Waals surface area contributed by atoms with Crippen molar-refractivity contribution in [3.05, 3.63) is 29.6 Å². The van der Waals surface area contributed by atoms with Crippen LogP contribution in [-0.4, -0.2) is 13.7 Å². The predicted octanol–water partition coefficient (Wildman–Crippen LogP) is 2.68. The van der Waals surface area contributed by atoms with E-state index in [1.54, 1.807) is 19.2 Å². The molecule has 15 heavy (non-hydrogen) atoms. The smallest absolute Gasteiger partial charge is 0.131 e. The van der Waals surface area contributed by atoms with Crippen molar-refractivity contribution in [2.75, 3.05) is 13.7 Å². The molecule has 4 heteroatoms. The van der Waals surface area contributed by atoms with E-state index in [2.05, 4.69) is 5.32 Å². The van der Waals surface area contributed by atoms with Crippen molar-refractivity contribution in [2.24, 2.45) is 0 Å². The van der Waals surface area contributed by atoms with Gasteiger partial charge in [0.15, 0.2) is 0 Å². The minimum Gasteiger partial charge on any atom is -0.496 e. The molecular weight excluding hydrogens is 217 g/mol. The molecule has 1 aromatic rings. The zero-order valence-electron chi connectivity index (χ0n) is 8.63. The second-order valence-electron chi connectivity index (χ2n) is 3.50. The first kappa shape index (κ1) is 12.3. The Labute approximate surface area is 95.2 Å². The number of benzene rings is 1. The summed E-state index contributed by atoms with van der Waals surface area (Å²) in [5.74, 6) is 0.466. The van der Waals surface area contributed by atoms with Crippen LogP contribution < -0.4 is 10.1 Å². The number of halogens is 2. The highest BCUT2D eigenvalue weighted by Gasteiger charge is 2.22. The van der Waals surface area contributed by atoms with Gasteiger partial charge >= 0.3 is 0 Å². The van der Waals surface area contributed by atoms with Crippen LogP contribution in [0.25, 0.3) is 0 Å². The van der Waals surface area contributed by atoms with Gasteiger partial charge < -0.3 is 10.1 Å². The van der Waals surface area contributed by atoms with Crippen LogP contribution in [-0.2, 0) is 0 Å². The third kappa shape index (κ3) is 2.41. The Morgan fingerprint density at radius 2 is 2.27 bits per heavy atom. The van der Waals surface area contributed by atoms with E-state index in [0.717, 1.165) is 19.4 Å². The van der Waals surface area contributed by atoms with Crippen molar-refractivity contribution < 1.29 is 9.13 Å². The zero-order chi connectivity index (χ0) is 9.97. The van der Waals surface area contributed by atoms with Gasteiger partial charge in [-0.1, -0.05) is 6.07 Å². The number of ether oxygens (including phenoxy) is 1. The van der Waals surface area contributed by atoms with Gasteiger partial charge in [0.25, 0.3) is 0 Å². The largest absolute Gasteiger partial charge is 0.496 e. The van der Waals surface area contributed by atoms with E-state index in [1.165, 1.54) is 6.07 Å². The van der Waals surface area contributed by atoms with E-state index in [9.17, 15) is 4.39 Å². The second kappa shape index (κ2) is 5.33. The molecule has 0 unspecified atom stereocenters. The molecule has 0 aromatic heterocycles. The van der Waals surface area contributed by atoms with Crippen LogP contribution in [0.4, 0.5) is 4.39 Å². The summed E-state index contributed by atoms with van der Waals surface area (Å²) in [5, 5.41) is 3.27. The van der Waals surface area contributed by atoms with Crippen molar-refractivity contribution in [3.8, 4) is 5.75 Å². The third-order valence-electron chi connectivity index (χ3n) is 2.64. The Balaban J connectivity index is 0.00000112. The molecule has 0 spiro atoms. The fraction of sp³-hybridized carbons (Fsp3) is 0.455. The molecule has 1 saturated heterocycles. The molecule has 1 aromatic carbocycles. The van der Waals surface area contributed by atoms with E-state index in [0.29, 0.717) is 11.3 Å². The predicted molar refractivity (Wildman–Crippen MR) is 60.2 cm³/mol. The molecule has 0 amide bonds. The molecule has 84 valence electrons. The van der Waals surface area contributed by atoms with Crippen LogP contribution in [0.3, 0.4) is 0 Å². The normalized spacial score (nSPS) is 19.7. The van der Waals surface area contributed by atoms with Crippen molar-refractivity contribution in [3.63, 3.8) is 0 Å². The van der Waals surface area contributed by atoms with Crippen molar-refractivity contribution >= 4 is 12.4 Å². The average Bonchev–Trinajstić information content (AvgIpc) is 2.70. The Bertz CT molecular complexity index is 326. The van der Waals surface area contributed by atoms with E-state index in [4.69, 9.17) is 4.74 Å². The van der Waals surface area contributed by atoms with Gasteiger partial charge in [0.1, 0.15) is 11.6 Å². The van der Waals surface area contributed by atoms with Gasteiger partial charge in [-0.3, -0.25) is 0 Å². The van der Waals surface area contributed by atoms with Crippen LogP contribution in [0.2, 0.25) is 0 Å². The van der Waals surface area contributed by atoms with E-state index in [-0.39, 0.29) is 24.3 Å². The number of nitrogens with one attached hydrogen (secondary N) is 1. The Morgan fingerprint density at radius 1 is 1.47 bits per heavy atom. The molecule has 1 heterocycles. The minimum atomic E-state index is -0.177.